The Kier molecular flexibility index (Phi) is 5.92. The topological polar surface area (TPSA) is 71.0 Å². The van der Waals surface area contributed by atoms with Crippen molar-refractivity contribution in [1.82, 2.24) is 19.9 Å². The first-order chi connectivity index (χ1) is 15.8. The molecule has 1 aliphatic carbocycles. The van der Waals surface area contributed by atoms with Crippen LogP contribution in [0.2, 0.25) is 0 Å². The highest BCUT2D eigenvalue weighted by atomic mass is 16.2. The molecule has 32 heavy (non-hydrogen) atoms. The maximum Gasteiger partial charge on any atom is 0.223 e. The third-order valence-electron chi connectivity index (χ3n) is 6.19. The van der Waals surface area contributed by atoms with Gasteiger partial charge in [0.25, 0.3) is 0 Å². The lowest BCUT2D eigenvalue weighted by molar-refractivity contribution is -0.133. The Morgan fingerprint density at radius 3 is 2.69 bits per heavy atom. The lowest BCUT2D eigenvalue weighted by Gasteiger charge is -2.25. The number of nitrogens with one attached hydrogen (secondary N) is 1. The molecule has 3 heterocycles. The van der Waals surface area contributed by atoms with Gasteiger partial charge in [0.2, 0.25) is 5.91 Å². The average molecular weight is 426 g/mol. The third kappa shape index (κ3) is 4.54. The highest BCUT2D eigenvalue weighted by molar-refractivity contribution is 5.77. The summed E-state index contributed by atoms with van der Waals surface area (Å²) in [6, 6.07) is 15.7. The van der Waals surface area contributed by atoms with E-state index in [9.17, 15) is 4.79 Å². The van der Waals surface area contributed by atoms with Gasteiger partial charge in [0, 0.05) is 42.7 Å². The van der Waals surface area contributed by atoms with E-state index >= 15 is 0 Å². The lowest BCUT2D eigenvalue weighted by atomic mass is 10.0. The van der Waals surface area contributed by atoms with Gasteiger partial charge in [0.15, 0.2) is 5.82 Å². The van der Waals surface area contributed by atoms with Crippen LogP contribution in [0, 0.1) is 5.92 Å². The van der Waals surface area contributed by atoms with Crippen molar-refractivity contribution < 1.29 is 4.79 Å². The number of para-hydroxylation sites is 1. The molecule has 3 aromatic rings. The molecule has 2 aromatic heterocycles. The van der Waals surface area contributed by atoms with E-state index < -0.39 is 0 Å². The van der Waals surface area contributed by atoms with Gasteiger partial charge in [-0.2, -0.15) is 0 Å². The van der Waals surface area contributed by atoms with Crippen molar-refractivity contribution in [2.75, 3.05) is 11.9 Å². The van der Waals surface area contributed by atoms with Crippen LogP contribution in [-0.4, -0.2) is 32.3 Å². The van der Waals surface area contributed by atoms with Crippen LogP contribution in [0.1, 0.15) is 44.0 Å². The Labute approximate surface area is 188 Å². The Balaban J connectivity index is 1.46. The molecule has 162 valence electrons. The van der Waals surface area contributed by atoms with Crippen molar-refractivity contribution in [3.63, 3.8) is 0 Å². The number of carbonyl (C=O) groups is 1. The van der Waals surface area contributed by atoms with Crippen LogP contribution in [0.5, 0.6) is 0 Å². The van der Waals surface area contributed by atoms with Crippen molar-refractivity contribution in [3.05, 3.63) is 78.9 Å². The van der Waals surface area contributed by atoms with Crippen molar-refractivity contribution >= 4 is 17.4 Å². The van der Waals surface area contributed by atoms with E-state index in [0.717, 1.165) is 55.0 Å². The molecule has 0 bridgehead atoms. The number of hydrogen-bond acceptors (Lipinski definition) is 5. The summed E-state index contributed by atoms with van der Waals surface area (Å²) in [5.41, 5.74) is 2.77. The fourth-order valence-corrected chi connectivity index (χ4v) is 4.56. The third-order valence-corrected chi connectivity index (χ3v) is 6.19. The lowest BCUT2D eigenvalue weighted by Crippen LogP contribution is -2.32. The van der Waals surface area contributed by atoms with Crippen molar-refractivity contribution in [2.24, 2.45) is 5.92 Å². The van der Waals surface area contributed by atoms with Crippen LogP contribution in [0.25, 0.3) is 11.3 Å². The van der Waals surface area contributed by atoms with Crippen molar-refractivity contribution in [1.29, 1.82) is 0 Å². The molecule has 1 saturated heterocycles. The molecule has 1 aliphatic heterocycles. The number of likely N-dealkylation sites (tertiary alicyclic amines) is 1. The van der Waals surface area contributed by atoms with Gasteiger partial charge in [-0.15, -0.1) is 0 Å². The normalized spacial score (nSPS) is 19.9. The minimum absolute atomic E-state index is 0.0917. The molecule has 1 N–H and O–H groups in total. The molecular formula is C26H27N5O. The Morgan fingerprint density at radius 1 is 1.06 bits per heavy atom. The first kappa shape index (κ1) is 20.4. The second-order valence-corrected chi connectivity index (χ2v) is 8.44. The molecule has 0 unspecified atom stereocenters. The molecule has 1 aromatic carbocycles. The quantitative estimate of drug-likeness (QED) is 0.543. The standard InChI is InChI=1S/C26H27N5O/c32-25(17-19-7-4-5-8-19)31-16-6-11-23(31)26-29-22(20-12-14-27-15-13-20)18-24(30-26)28-21-9-2-1-3-10-21/h1-4,7,9-10,12-15,18-19,23H,5-6,8,11,16-17H2,(H,28,29,30)/t19-,23-/m1/s1. The monoisotopic (exact) mass is 425 g/mol. The predicted molar refractivity (Wildman–Crippen MR) is 125 cm³/mol. The van der Waals surface area contributed by atoms with Crippen molar-refractivity contribution in [2.45, 2.75) is 38.1 Å². The van der Waals surface area contributed by atoms with Crippen LogP contribution in [0.4, 0.5) is 11.5 Å². The highest BCUT2D eigenvalue weighted by Crippen LogP contribution is 2.34. The van der Waals surface area contributed by atoms with E-state index in [1.807, 2.05) is 53.4 Å². The highest BCUT2D eigenvalue weighted by Gasteiger charge is 2.33. The molecule has 1 amide bonds. The zero-order valence-corrected chi connectivity index (χ0v) is 18.0. The number of aromatic nitrogens is 3. The molecule has 1 fully saturated rings. The van der Waals surface area contributed by atoms with Gasteiger partial charge in [-0.05, 0) is 55.9 Å². The number of carbonyl (C=O) groups excluding carboxylic acids is 1. The van der Waals surface area contributed by atoms with Crippen LogP contribution >= 0.6 is 0 Å². The summed E-state index contributed by atoms with van der Waals surface area (Å²) in [6.45, 7) is 0.768. The van der Waals surface area contributed by atoms with Gasteiger partial charge in [-0.25, -0.2) is 9.97 Å². The molecule has 2 atom stereocenters. The number of rotatable bonds is 6. The van der Waals surface area contributed by atoms with Gasteiger partial charge >= 0.3 is 0 Å². The number of hydrogen-bond donors (Lipinski definition) is 1. The fourth-order valence-electron chi connectivity index (χ4n) is 4.56. The average Bonchev–Trinajstić information content (AvgIpc) is 3.52. The smallest absolute Gasteiger partial charge is 0.223 e. The number of allylic oxidation sites excluding steroid dienone is 2. The molecule has 6 heteroatoms. The van der Waals surface area contributed by atoms with Gasteiger partial charge in [-0.1, -0.05) is 30.4 Å². The van der Waals surface area contributed by atoms with E-state index in [2.05, 4.69) is 22.5 Å². The van der Waals surface area contributed by atoms with E-state index in [0.29, 0.717) is 18.2 Å². The van der Waals surface area contributed by atoms with Crippen LogP contribution in [0.3, 0.4) is 0 Å². The predicted octanol–water partition coefficient (Wildman–Crippen LogP) is 5.30. The second kappa shape index (κ2) is 9.30. The summed E-state index contributed by atoms with van der Waals surface area (Å²) in [4.78, 5) is 29.0. The summed E-state index contributed by atoms with van der Waals surface area (Å²) in [5.74, 6) is 2.00. The summed E-state index contributed by atoms with van der Waals surface area (Å²) in [6.07, 6.45) is 12.5. The zero-order valence-electron chi connectivity index (χ0n) is 18.0. The number of nitrogens with zero attached hydrogens (tertiary/aromatic N) is 4. The Bertz CT molecular complexity index is 1100. The van der Waals surface area contributed by atoms with E-state index in [-0.39, 0.29) is 11.9 Å². The van der Waals surface area contributed by atoms with E-state index in [1.54, 1.807) is 12.4 Å². The first-order valence-electron chi connectivity index (χ1n) is 11.3. The zero-order chi connectivity index (χ0) is 21.8. The van der Waals surface area contributed by atoms with Gasteiger partial charge < -0.3 is 10.2 Å². The van der Waals surface area contributed by atoms with Crippen LogP contribution in [0.15, 0.2) is 73.1 Å². The maximum absolute atomic E-state index is 13.1. The molecule has 0 saturated carbocycles. The molecule has 0 radical (unpaired) electrons. The fraction of sp³-hybridized carbons (Fsp3) is 0.308. The molecule has 0 spiro atoms. The SMILES string of the molecule is O=C(C[C@@H]1C=CCC1)N1CCC[C@@H]1c1nc(Nc2ccccc2)cc(-c2ccncc2)n1. The summed E-state index contributed by atoms with van der Waals surface area (Å²) < 4.78 is 0. The van der Waals surface area contributed by atoms with Crippen LogP contribution < -0.4 is 5.32 Å². The number of amides is 1. The summed E-state index contributed by atoms with van der Waals surface area (Å²) in [7, 11) is 0. The Hall–Kier alpha value is -3.54. The number of anilines is 2. The van der Waals surface area contributed by atoms with Crippen LogP contribution in [-0.2, 0) is 4.79 Å². The minimum atomic E-state index is -0.0917. The van der Waals surface area contributed by atoms with Gasteiger partial charge in [0.05, 0.1) is 11.7 Å². The molecular weight excluding hydrogens is 398 g/mol. The number of benzene rings is 1. The van der Waals surface area contributed by atoms with Crippen molar-refractivity contribution in [3.8, 4) is 11.3 Å². The maximum atomic E-state index is 13.1. The molecule has 5 rings (SSSR count). The second-order valence-electron chi connectivity index (χ2n) is 8.44. The van der Waals surface area contributed by atoms with E-state index in [4.69, 9.17) is 9.97 Å². The summed E-state index contributed by atoms with van der Waals surface area (Å²) >= 11 is 0. The minimum Gasteiger partial charge on any atom is -0.340 e. The molecule has 2 aliphatic rings. The number of pyridine rings is 1. The Morgan fingerprint density at radius 2 is 1.91 bits per heavy atom. The van der Waals surface area contributed by atoms with Gasteiger partial charge in [0.1, 0.15) is 5.82 Å². The molecule has 6 nitrogen and oxygen atoms in total. The first-order valence-corrected chi connectivity index (χ1v) is 11.3. The van der Waals surface area contributed by atoms with E-state index in [1.165, 1.54) is 0 Å². The summed E-state index contributed by atoms with van der Waals surface area (Å²) in [5, 5.41) is 3.40. The van der Waals surface area contributed by atoms with Gasteiger partial charge in [-0.3, -0.25) is 9.78 Å². The largest absolute Gasteiger partial charge is 0.340 e.